The van der Waals surface area contributed by atoms with Crippen LogP contribution in [0.1, 0.15) is 10.4 Å². The molecule has 6 heteroatoms. The minimum absolute atomic E-state index is 0.266. The zero-order valence-corrected chi connectivity index (χ0v) is 11.5. The summed E-state index contributed by atoms with van der Waals surface area (Å²) in [6.45, 7) is 0. The first-order chi connectivity index (χ1) is 10.1. The second kappa shape index (κ2) is 6.64. The van der Waals surface area contributed by atoms with Gasteiger partial charge in [-0.3, -0.25) is 14.6 Å². The lowest BCUT2D eigenvalue weighted by molar-refractivity contribution is -0.117. The molecule has 0 aliphatic heterocycles. The molecule has 1 atom stereocenters. The van der Waals surface area contributed by atoms with E-state index in [1.54, 1.807) is 30.3 Å². The van der Waals surface area contributed by atoms with Gasteiger partial charge in [-0.15, -0.1) is 0 Å². The second-order valence-corrected chi connectivity index (χ2v) is 4.59. The monoisotopic (exact) mass is 299 g/mol. The summed E-state index contributed by atoms with van der Waals surface area (Å²) in [5.41, 5.74) is 0.731. The SMILES string of the molecule is N#CC(C(=O)Nc1ccc(Cl)cc1)C(=O)c1ccncc1. The number of halogens is 1. The molecule has 1 heterocycles. The maximum atomic E-state index is 12.1. The Morgan fingerprint density at radius 3 is 2.33 bits per heavy atom. The van der Waals surface area contributed by atoms with E-state index in [-0.39, 0.29) is 5.56 Å². The van der Waals surface area contributed by atoms with Gasteiger partial charge in [0.2, 0.25) is 5.91 Å². The Kier molecular flexibility index (Phi) is 4.64. The smallest absolute Gasteiger partial charge is 0.249 e. The summed E-state index contributed by atoms with van der Waals surface area (Å²) < 4.78 is 0. The first-order valence-corrected chi connectivity index (χ1v) is 6.40. The molecule has 5 nitrogen and oxygen atoms in total. The first-order valence-electron chi connectivity index (χ1n) is 6.02. The van der Waals surface area contributed by atoms with Crippen LogP contribution in [0.4, 0.5) is 5.69 Å². The van der Waals surface area contributed by atoms with E-state index in [0.29, 0.717) is 10.7 Å². The average Bonchev–Trinajstić information content (AvgIpc) is 2.51. The minimum atomic E-state index is -1.41. The number of anilines is 1. The van der Waals surface area contributed by atoms with E-state index < -0.39 is 17.6 Å². The number of pyridine rings is 1. The lowest BCUT2D eigenvalue weighted by Gasteiger charge is -2.09. The zero-order chi connectivity index (χ0) is 15.2. The van der Waals surface area contributed by atoms with Crippen LogP contribution in [0, 0.1) is 17.2 Å². The van der Waals surface area contributed by atoms with E-state index in [9.17, 15) is 9.59 Å². The van der Waals surface area contributed by atoms with Crippen LogP contribution in [0.3, 0.4) is 0 Å². The van der Waals surface area contributed by atoms with Crippen LogP contribution in [-0.2, 0) is 4.79 Å². The summed E-state index contributed by atoms with van der Waals surface area (Å²) in [6.07, 6.45) is 2.86. The topological polar surface area (TPSA) is 82.9 Å². The standard InChI is InChI=1S/C15H10ClN3O2/c16-11-1-3-12(4-2-11)19-15(21)13(9-17)14(20)10-5-7-18-8-6-10/h1-8,13H,(H,19,21). The van der Waals surface area contributed by atoms with Crippen molar-refractivity contribution in [3.8, 4) is 6.07 Å². The van der Waals surface area contributed by atoms with Gasteiger partial charge in [0.15, 0.2) is 11.7 Å². The number of rotatable bonds is 4. The van der Waals surface area contributed by atoms with Crippen molar-refractivity contribution in [2.75, 3.05) is 5.32 Å². The third-order valence-corrected chi connectivity index (χ3v) is 2.98. The number of hydrogen-bond acceptors (Lipinski definition) is 4. The van der Waals surface area contributed by atoms with Crippen molar-refractivity contribution in [1.29, 1.82) is 5.26 Å². The Balaban J connectivity index is 2.14. The summed E-state index contributed by atoms with van der Waals surface area (Å²) in [7, 11) is 0. The highest BCUT2D eigenvalue weighted by molar-refractivity contribution is 6.30. The van der Waals surface area contributed by atoms with Crippen molar-refractivity contribution in [3.63, 3.8) is 0 Å². The van der Waals surface area contributed by atoms with Crippen molar-refractivity contribution in [3.05, 3.63) is 59.4 Å². The molecule has 1 amide bonds. The Labute approximate surface area is 126 Å². The molecule has 1 N–H and O–H groups in total. The summed E-state index contributed by atoms with van der Waals surface area (Å²) in [5.74, 6) is -2.66. The molecule has 1 unspecified atom stereocenters. The van der Waals surface area contributed by atoms with Gasteiger partial charge in [0.05, 0.1) is 6.07 Å². The van der Waals surface area contributed by atoms with Gasteiger partial charge in [0.1, 0.15) is 0 Å². The number of nitrogens with one attached hydrogen (secondary N) is 1. The molecule has 0 aliphatic rings. The highest BCUT2D eigenvalue weighted by atomic mass is 35.5. The van der Waals surface area contributed by atoms with Gasteiger partial charge in [-0.25, -0.2) is 0 Å². The molecular weight excluding hydrogens is 290 g/mol. The summed E-state index contributed by atoms with van der Waals surface area (Å²) in [6, 6.07) is 11.0. The molecule has 1 aromatic carbocycles. The maximum absolute atomic E-state index is 12.1. The van der Waals surface area contributed by atoms with Crippen LogP contribution in [0.2, 0.25) is 5.02 Å². The Bertz CT molecular complexity index is 693. The third kappa shape index (κ3) is 3.65. The zero-order valence-electron chi connectivity index (χ0n) is 10.8. The Morgan fingerprint density at radius 1 is 1.14 bits per heavy atom. The quantitative estimate of drug-likeness (QED) is 0.695. The minimum Gasteiger partial charge on any atom is -0.325 e. The van der Waals surface area contributed by atoms with Gasteiger partial charge >= 0.3 is 0 Å². The van der Waals surface area contributed by atoms with Gasteiger partial charge < -0.3 is 5.32 Å². The van der Waals surface area contributed by atoms with Crippen LogP contribution in [0.5, 0.6) is 0 Å². The predicted molar refractivity (Wildman–Crippen MR) is 77.8 cm³/mol. The fraction of sp³-hybridized carbons (Fsp3) is 0.0667. The van der Waals surface area contributed by atoms with Crippen molar-refractivity contribution >= 4 is 29.0 Å². The molecule has 0 fully saturated rings. The molecule has 0 saturated heterocycles. The molecule has 0 spiro atoms. The Morgan fingerprint density at radius 2 is 1.76 bits per heavy atom. The first kappa shape index (κ1) is 14.7. The van der Waals surface area contributed by atoms with Crippen molar-refractivity contribution in [2.24, 2.45) is 5.92 Å². The number of aromatic nitrogens is 1. The van der Waals surface area contributed by atoms with E-state index in [1.807, 2.05) is 0 Å². The molecular formula is C15H10ClN3O2. The van der Waals surface area contributed by atoms with E-state index in [2.05, 4.69) is 10.3 Å². The molecule has 1 aromatic heterocycles. The largest absolute Gasteiger partial charge is 0.325 e. The number of nitrogens with zero attached hydrogens (tertiary/aromatic N) is 2. The van der Waals surface area contributed by atoms with Gasteiger partial charge in [-0.05, 0) is 36.4 Å². The summed E-state index contributed by atoms with van der Waals surface area (Å²) >= 11 is 5.74. The van der Waals surface area contributed by atoms with Gasteiger partial charge in [-0.2, -0.15) is 5.26 Å². The number of carbonyl (C=O) groups excluding carboxylic acids is 2. The highest BCUT2D eigenvalue weighted by Crippen LogP contribution is 2.15. The number of nitriles is 1. The molecule has 2 rings (SSSR count). The van der Waals surface area contributed by atoms with Crippen LogP contribution in [0.25, 0.3) is 0 Å². The fourth-order valence-corrected chi connectivity index (χ4v) is 1.79. The van der Waals surface area contributed by atoms with Crippen LogP contribution in [0.15, 0.2) is 48.8 Å². The molecule has 0 bridgehead atoms. The molecule has 21 heavy (non-hydrogen) atoms. The van der Waals surface area contributed by atoms with Crippen LogP contribution < -0.4 is 5.32 Å². The third-order valence-electron chi connectivity index (χ3n) is 2.73. The number of ketones is 1. The summed E-state index contributed by atoms with van der Waals surface area (Å²) in [5, 5.41) is 12.1. The lowest BCUT2D eigenvalue weighted by Crippen LogP contribution is -2.28. The van der Waals surface area contributed by atoms with E-state index >= 15 is 0 Å². The second-order valence-electron chi connectivity index (χ2n) is 4.16. The molecule has 0 saturated carbocycles. The molecule has 0 radical (unpaired) electrons. The lowest BCUT2D eigenvalue weighted by atomic mass is 9.99. The van der Waals surface area contributed by atoms with E-state index in [0.717, 1.165) is 0 Å². The van der Waals surface area contributed by atoms with E-state index in [1.165, 1.54) is 24.5 Å². The van der Waals surface area contributed by atoms with Crippen LogP contribution in [-0.4, -0.2) is 16.7 Å². The van der Waals surface area contributed by atoms with Crippen molar-refractivity contribution in [1.82, 2.24) is 4.98 Å². The highest BCUT2D eigenvalue weighted by Gasteiger charge is 2.27. The van der Waals surface area contributed by atoms with Gasteiger partial charge in [0.25, 0.3) is 0 Å². The van der Waals surface area contributed by atoms with Crippen LogP contribution >= 0.6 is 11.6 Å². The molecule has 2 aromatic rings. The molecule has 0 aliphatic carbocycles. The Hall–Kier alpha value is -2.71. The number of hydrogen-bond donors (Lipinski definition) is 1. The number of amides is 1. The molecule has 104 valence electrons. The van der Waals surface area contributed by atoms with Crippen molar-refractivity contribution < 1.29 is 9.59 Å². The van der Waals surface area contributed by atoms with Gasteiger partial charge in [0, 0.05) is 28.7 Å². The average molecular weight is 300 g/mol. The summed E-state index contributed by atoms with van der Waals surface area (Å²) in [4.78, 5) is 28.0. The number of benzene rings is 1. The van der Waals surface area contributed by atoms with Crippen molar-refractivity contribution in [2.45, 2.75) is 0 Å². The maximum Gasteiger partial charge on any atom is 0.249 e. The van der Waals surface area contributed by atoms with E-state index in [4.69, 9.17) is 16.9 Å². The van der Waals surface area contributed by atoms with Gasteiger partial charge in [-0.1, -0.05) is 11.6 Å². The normalized spacial score (nSPS) is 11.2. The fourth-order valence-electron chi connectivity index (χ4n) is 1.67. The number of carbonyl (C=O) groups is 2. The predicted octanol–water partition coefficient (Wildman–Crippen LogP) is 2.70. The number of Topliss-reactive ketones (excluding diaryl/α,β-unsaturated/α-hetero) is 1.